The van der Waals surface area contributed by atoms with Crippen molar-refractivity contribution in [1.29, 1.82) is 0 Å². The average molecular weight is 373 g/mol. The van der Waals surface area contributed by atoms with E-state index >= 15 is 0 Å². The van der Waals surface area contributed by atoms with Crippen LogP contribution in [0, 0.1) is 17.0 Å². The summed E-state index contributed by atoms with van der Waals surface area (Å²) in [5.74, 6) is -0.168. The van der Waals surface area contributed by atoms with E-state index < -0.39 is 37.8 Å². The first-order chi connectivity index (χ1) is 11.5. The lowest BCUT2D eigenvalue weighted by Crippen LogP contribution is -2.10. The first-order valence-corrected chi connectivity index (χ1v) is 8.82. The van der Waals surface area contributed by atoms with Crippen molar-refractivity contribution in [1.82, 2.24) is 0 Å². The second kappa shape index (κ2) is 6.47. The van der Waals surface area contributed by atoms with Gasteiger partial charge < -0.3 is 0 Å². The lowest BCUT2D eigenvalue weighted by atomic mass is 9.98. The summed E-state index contributed by atoms with van der Waals surface area (Å²) in [5, 5.41) is 11.1. The molecule has 25 heavy (non-hydrogen) atoms. The predicted molar refractivity (Wildman–Crippen MR) is 86.0 cm³/mol. The fourth-order valence-electron chi connectivity index (χ4n) is 2.39. The summed E-state index contributed by atoms with van der Waals surface area (Å²) >= 11 is 0. The van der Waals surface area contributed by atoms with Crippen molar-refractivity contribution in [3.05, 3.63) is 57.6 Å². The zero-order chi connectivity index (χ0) is 19.0. The Morgan fingerprint density at radius 1 is 1.12 bits per heavy atom. The Bertz CT molecular complexity index is 937. The fraction of sp³-hybridized carbons (Fsp3) is 0.250. The molecule has 0 N–H and O–H groups in total. The second-order valence-electron chi connectivity index (χ2n) is 5.35. The number of sulfone groups is 1. The Balaban J connectivity index is 2.74. The van der Waals surface area contributed by atoms with Gasteiger partial charge in [-0.1, -0.05) is 19.1 Å². The maximum atomic E-state index is 13.2. The van der Waals surface area contributed by atoms with Gasteiger partial charge in [-0.15, -0.1) is 0 Å². The summed E-state index contributed by atoms with van der Waals surface area (Å²) in [6, 6.07) is 7.14. The number of alkyl halides is 3. The van der Waals surface area contributed by atoms with E-state index in [0.717, 1.165) is 19.1 Å². The van der Waals surface area contributed by atoms with Crippen LogP contribution in [0.3, 0.4) is 0 Å². The van der Waals surface area contributed by atoms with Crippen LogP contribution >= 0.6 is 0 Å². The molecule has 9 heteroatoms. The van der Waals surface area contributed by atoms with Gasteiger partial charge in [0, 0.05) is 11.6 Å². The Kier molecular flexibility index (Phi) is 4.90. The van der Waals surface area contributed by atoms with Crippen LogP contribution in [0.1, 0.15) is 18.1 Å². The number of nitro groups is 1. The standard InChI is InChI=1S/C16H14F3NO4S/c1-3-25(23,24)13-6-4-5-11(7-13)12-8-14(16(17,18)19)10(2)15(9-12)20(21)22/h4-9H,3H2,1-2H3. The molecule has 0 saturated carbocycles. The summed E-state index contributed by atoms with van der Waals surface area (Å²) < 4.78 is 63.5. The fourth-order valence-corrected chi connectivity index (χ4v) is 3.31. The highest BCUT2D eigenvalue weighted by molar-refractivity contribution is 7.91. The maximum absolute atomic E-state index is 13.2. The third-order valence-corrected chi connectivity index (χ3v) is 5.52. The van der Waals surface area contributed by atoms with Gasteiger partial charge in [-0.3, -0.25) is 10.1 Å². The van der Waals surface area contributed by atoms with Gasteiger partial charge in [0.2, 0.25) is 0 Å². The smallest absolute Gasteiger partial charge is 0.258 e. The van der Waals surface area contributed by atoms with Gasteiger partial charge in [-0.2, -0.15) is 13.2 Å². The van der Waals surface area contributed by atoms with Crippen LogP contribution in [-0.2, 0) is 16.0 Å². The minimum atomic E-state index is -4.77. The summed E-state index contributed by atoms with van der Waals surface area (Å²) in [5.41, 5.74) is -2.20. The van der Waals surface area contributed by atoms with E-state index in [0.29, 0.717) is 0 Å². The van der Waals surface area contributed by atoms with Crippen molar-refractivity contribution >= 4 is 15.5 Å². The van der Waals surface area contributed by atoms with Gasteiger partial charge in [0.05, 0.1) is 21.1 Å². The van der Waals surface area contributed by atoms with E-state index in [1.807, 2.05) is 0 Å². The number of halogens is 3. The second-order valence-corrected chi connectivity index (χ2v) is 7.63. The average Bonchev–Trinajstić information content (AvgIpc) is 2.53. The number of nitrogens with zero attached hydrogens (tertiary/aromatic N) is 1. The van der Waals surface area contributed by atoms with Crippen LogP contribution in [0.4, 0.5) is 18.9 Å². The molecular weight excluding hydrogens is 359 g/mol. The molecule has 5 nitrogen and oxygen atoms in total. The molecule has 134 valence electrons. The molecule has 2 aromatic carbocycles. The Morgan fingerprint density at radius 3 is 2.28 bits per heavy atom. The highest BCUT2D eigenvalue weighted by Gasteiger charge is 2.36. The minimum Gasteiger partial charge on any atom is -0.258 e. The van der Waals surface area contributed by atoms with E-state index in [9.17, 15) is 31.7 Å². The first kappa shape index (κ1) is 18.9. The van der Waals surface area contributed by atoms with E-state index in [1.165, 1.54) is 31.2 Å². The Labute approximate surface area is 142 Å². The molecule has 0 atom stereocenters. The van der Waals surface area contributed by atoms with Crippen molar-refractivity contribution in [2.75, 3.05) is 5.75 Å². The number of benzene rings is 2. The van der Waals surface area contributed by atoms with E-state index in [1.54, 1.807) is 0 Å². The largest absolute Gasteiger partial charge is 0.416 e. The molecule has 2 aromatic rings. The van der Waals surface area contributed by atoms with Crippen molar-refractivity contribution in [3.63, 3.8) is 0 Å². The van der Waals surface area contributed by atoms with E-state index in [2.05, 4.69) is 0 Å². The minimum absolute atomic E-state index is 0.0516. The highest BCUT2D eigenvalue weighted by Crippen LogP contribution is 2.39. The van der Waals surface area contributed by atoms with E-state index in [4.69, 9.17) is 0 Å². The molecule has 0 aliphatic heterocycles. The van der Waals surface area contributed by atoms with Gasteiger partial charge in [0.15, 0.2) is 9.84 Å². The lowest BCUT2D eigenvalue weighted by Gasteiger charge is -2.13. The molecule has 0 heterocycles. The van der Waals surface area contributed by atoms with Gasteiger partial charge in [-0.05, 0) is 36.2 Å². The Hall–Kier alpha value is -2.42. The molecule has 0 bridgehead atoms. The molecule has 0 amide bonds. The van der Waals surface area contributed by atoms with Gasteiger partial charge in [0.1, 0.15) is 0 Å². The quantitative estimate of drug-likeness (QED) is 0.588. The zero-order valence-corrected chi connectivity index (χ0v) is 14.1. The summed E-state index contributed by atoms with van der Waals surface area (Å²) in [7, 11) is -3.56. The SMILES string of the molecule is CCS(=O)(=O)c1cccc(-c2cc([N+](=O)[O-])c(C)c(C(F)(F)F)c2)c1. The number of hydrogen-bond donors (Lipinski definition) is 0. The van der Waals surface area contributed by atoms with Crippen LogP contribution in [0.15, 0.2) is 41.3 Å². The van der Waals surface area contributed by atoms with Crippen molar-refractivity contribution in [2.24, 2.45) is 0 Å². The Morgan fingerprint density at radius 2 is 1.76 bits per heavy atom. The monoisotopic (exact) mass is 373 g/mol. The van der Waals surface area contributed by atoms with E-state index in [-0.39, 0.29) is 21.8 Å². The zero-order valence-electron chi connectivity index (χ0n) is 13.3. The molecule has 2 rings (SSSR count). The molecule has 0 aliphatic carbocycles. The van der Waals surface area contributed by atoms with Crippen molar-refractivity contribution < 1.29 is 26.5 Å². The molecule has 0 unspecified atom stereocenters. The summed E-state index contributed by atoms with van der Waals surface area (Å²) in [4.78, 5) is 10.2. The molecular formula is C16H14F3NO4S. The molecule has 0 fully saturated rings. The topological polar surface area (TPSA) is 77.3 Å². The van der Waals surface area contributed by atoms with Crippen molar-refractivity contribution in [2.45, 2.75) is 24.9 Å². The van der Waals surface area contributed by atoms with Gasteiger partial charge in [-0.25, -0.2) is 8.42 Å². The van der Waals surface area contributed by atoms with Gasteiger partial charge in [0.25, 0.3) is 5.69 Å². The number of hydrogen-bond acceptors (Lipinski definition) is 4. The van der Waals surface area contributed by atoms with Crippen LogP contribution in [-0.4, -0.2) is 19.1 Å². The maximum Gasteiger partial charge on any atom is 0.416 e. The van der Waals surface area contributed by atoms with Gasteiger partial charge >= 0.3 is 6.18 Å². The predicted octanol–water partition coefficient (Wildman–Crippen LogP) is 4.38. The summed E-state index contributed by atoms with van der Waals surface area (Å²) in [6.45, 7) is 2.48. The van der Waals surface area contributed by atoms with Crippen LogP contribution in [0.25, 0.3) is 11.1 Å². The highest BCUT2D eigenvalue weighted by atomic mass is 32.2. The van der Waals surface area contributed by atoms with Crippen LogP contribution in [0.2, 0.25) is 0 Å². The molecule has 0 aliphatic rings. The number of rotatable bonds is 4. The summed E-state index contributed by atoms with van der Waals surface area (Å²) in [6.07, 6.45) is -4.77. The van der Waals surface area contributed by atoms with Crippen molar-refractivity contribution in [3.8, 4) is 11.1 Å². The molecule has 0 saturated heterocycles. The third kappa shape index (κ3) is 3.81. The lowest BCUT2D eigenvalue weighted by molar-refractivity contribution is -0.385. The molecule has 0 radical (unpaired) electrons. The number of nitro benzene ring substituents is 1. The molecule has 0 spiro atoms. The first-order valence-electron chi connectivity index (χ1n) is 7.17. The van der Waals surface area contributed by atoms with Crippen LogP contribution < -0.4 is 0 Å². The third-order valence-electron chi connectivity index (χ3n) is 3.79. The van der Waals surface area contributed by atoms with Crippen LogP contribution in [0.5, 0.6) is 0 Å². The molecule has 0 aromatic heterocycles. The normalized spacial score (nSPS) is 12.2.